The molecule has 1 aromatic carbocycles. The molecule has 0 amide bonds. The minimum atomic E-state index is 0.896. The Bertz CT molecular complexity index is 657. The van der Waals surface area contributed by atoms with E-state index in [4.69, 9.17) is 0 Å². The third-order valence-corrected chi connectivity index (χ3v) is 3.64. The van der Waals surface area contributed by atoms with Crippen molar-refractivity contribution in [3.05, 3.63) is 40.8 Å². The number of fused-ring (bicyclic) bond motifs is 3. The number of halogens is 1. The zero-order valence-electron chi connectivity index (χ0n) is 8.11. The van der Waals surface area contributed by atoms with Gasteiger partial charge in [0.15, 0.2) is 5.65 Å². The van der Waals surface area contributed by atoms with E-state index < -0.39 is 0 Å². The Hall–Kier alpha value is -1.42. The molecule has 0 radical (unpaired) electrons. The highest BCUT2D eigenvalue weighted by atomic mass is 79.9. The Morgan fingerprint density at radius 3 is 2.93 bits per heavy atom. The molecule has 0 aliphatic rings. The van der Waals surface area contributed by atoms with Gasteiger partial charge in [0, 0.05) is 21.4 Å². The van der Waals surface area contributed by atoms with Gasteiger partial charge >= 0.3 is 0 Å². The van der Waals surface area contributed by atoms with Crippen molar-refractivity contribution in [2.24, 2.45) is 0 Å². The van der Waals surface area contributed by atoms with Crippen LogP contribution in [0.4, 0.5) is 0 Å². The van der Waals surface area contributed by atoms with Gasteiger partial charge in [-0.2, -0.15) is 0 Å². The molecular weight excluding hydrogens is 254 g/mol. The molecule has 2 aromatic heterocycles. The topological polar surface area (TPSA) is 30.2 Å². The second kappa shape index (κ2) is 3.03. The van der Waals surface area contributed by atoms with E-state index >= 15 is 0 Å². The molecule has 0 saturated carbocycles. The fraction of sp³-hybridized carbons (Fsp3) is 0.0909. The number of hydrogen-bond acceptors (Lipinski definition) is 2. The normalized spacial score (nSPS) is 11.3. The maximum Gasteiger partial charge on any atom is 0.168 e. The van der Waals surface area contributed by atoms with Crippen LogP contribution < -0.4 is 0 Å². The molecule has 0 fully saturated rings. The Kier molecular flexibility index (Phi) is 1.79. The van der Waals surface area contributed by atoms with Gasteiger partial charge in [0.2, 0.25) is 0 Å². The molecule has 0 aliphatic carbocycles. The fourth-order valence-corrected chi connectivity index (χ4v) is 2.24. The van der Waals surface area contributed by atoms with Crippen molar-refractivity contribution in [3.63, 3.8) is 0 Å². The molecule has 15 heavy (non-hydrogen) atoms. The van der Waals surface area contributed by atoms with Crippen LogP contribution in [0, 0.1) is 6.92 Å². The summed E-state index contributed by atoms with van der Waals surface area (Å²) >= 11 is 3.60. The van der Waals surface area contributed by atoms with E-state index in [0.717, 1.165) is 15.5 Å². The van der Waals surface area contributed by atoms with Gasteiger partial charge in [-0.25, -0.2) is 0 Å². The van der Waals surface area contributed by atoms with Crippen molar-refractivity contribution in [3.8, 4) is 0 Å². The highest BCUT2D eigenvalue weighted by Crippen LogP contribution is 2.28. The maximum atomic E-state index is 4.11. The predicted molar refractivity (Wildman–Crippen MR) is 62.9 cm³/mol. The number of pyridine rings is 1. The lowest BCUT2D eigenvalue weighted by Gasteiger charge is -2.04. The Labute approximate surface area is 94.9 Å². The van der Waals surface area contributed by atoms with E-state index in [2.05, 4.69) is 51.3 Å². The second-order valence-corrected chi connectivity index (χ2v) is 4.33. The summed E-state index contributed by atoms with van der Waals surface area (Å²) in [6.45, 7) is 2.08. The highest BCUT2D eigenvalue weighted by molar-refractivity contribution is 9.10. The molecule has 0 bridgehead atoms. The van der Waals surface area contributed by atoms with E-state index in [1.165, 1.54) is 10.9 Å². The summed E-state index contributed by atoms with van der Waals surface area (Å²) in [6.07, 6.45) is 3.68. The molecule has 4 heteroatoms. The van der Waals surface area contributed by atoms with Crippen LogP contribution in [0.2, 0.25) is 0 Å². The van der Waals surface area contributed by atoms with E-state index in [0.29, 0.717) is 0 Å². The van der Waals surface area contributed by atoms with Crippen LogP contribution in [0.1, 0.15) is 5.56 Å². The molecule has 3 aromatic rings. The summed E-state index contributed by atoms with van der Waals surface area (Å²) in [5.74, 6) is 0. The first kappa shape index (κ1) is 8.85. The Morgan fingerprint density at radius 2 is 2.07 bits per heavy atom. The number of hydrogen-bond donors (Lipinski definition) is 0. The van der Waals surface area contributed by atoms with Crippen LogP contribution in [0.5, 0.6) is 0 Å². The third kappa shape index (κ3) is 1.18. The average Bonchev–Trinajstić information content (AvgIpc) is 2.71. The lowest BCUT2D eigenvalue weighted by atomic mass is 10.1. The SMILES string of the molecule is Cc1ccc2c(ccn3cnnc23)c1Br. The Morgan fingerprint density at radius 1 is 1.20 bits per heavy atom. The Balaban J connectivity index is 2.60. The van der Waals surface area contributed by atoms with Crippen LogP contribution in [0.3, 0.4) is 0 Å². The van der Waals surface area contributed by atoms with E-state index in [1.54, 1.807) is 6.33 Å². The van der Waals surface area contributed by atoms with Gasteiger partial charge in [-0.3, -0.25) is 4.40 Å². The number of nitrogens with zero attached hydrogens (tertiary/aromatic N) is 3. The third-order valence-electron chi connectivity index (χ3n) is 2.59. The average molecular weight is 262 g/mol. The number of aryl methyl sites for hydroxylation is 1. The van der Waals surface area contributed by atoms with Gasteiger partial charge in [-0.1, -0.05) is 12.1 Å². The van der Waals surface area contributed by atoms with Gasteiger partial charge in [0.1, 0.15) is 6.33 Å². The molecule has 0 N–H and O–H groups in total. The number of benzene rings is 1. The summed E-state index contributed by atoms with van der Waals surface area (Å²) < 4.78 is 3.05. The molecule has 0 saturated heterocycles. The van der Waals surface area contributed by atoms with E-state index in [1.807, 2.05) is 10.6 Å². The van der Waals surface area contributed by atoms with Gasteiger partial charge in [-0.15, -0.1) is 10.2 Å². The quantitative estimate of drug-likeness (QED) is 0.623. The summed E-state index contributed by atoms with van der Waals surface area (Å²) in [7, 11) is 0. The minimum Gasteiger partial charge on any atom is -0.289 e. The molecule has 0 spiro atoms. The lowest BCUT2D eigenvalue weighted by Crippen LogP contribution is -1.86. The van der Waals surface area contributed by atoms with Crippen molar-refractivity contribution < 1.29 is 0 Å². The van der Waals surface area contributed by atoms with Gasteiger partial charge < -0.3 is 0 Å². The summed E-state index contributed by atoms with van der Waals surface area (Å²) in [5.41, 5.74) is 2.12. The van der Waals surface area contributed by atoms with Crippen LogP contribution in [0.25, 0.3) is 16.4 Å². The predicted octanol–water partition coefficient (Wildman–Crippen LogP) is 2.95. The summed E-state index contributed by atoms with van der Waals surface area (Å²) in [4.78, 5) is 0. The van der Waals surface area contributed by atoms with E-state index in [-0.39, 0.29) is 0 Å². The van der Waals surface area contributed by atoms with Crippen molar-refractivity contribution in [1.29, 1.82) is 0 Å². The van der Waals surface area contributed by atoms with Crippen molar-refractivity contribution >= 4 is 32.3 Å². The zero-order valence-corrected chi connectivity index (χ0v) is 9.69. The number of aromatic nitrogens is 3. The van der Waals surface area contributed by atoms with Gasteiger partial charge in [0.05, 0.1) is 0 Å². The standard InChI is InChI=1S/C11H8BrN3/c1-7-2-3-9-8(10(7)12)4-5-15-6-13-14-11(9)15/h2-6H,1H3. The molecule has 0 atom stereocenters. The van der Waals surface area contributed by atoms with Crippen LogP contribution >= 0.6 is 15.9 Å². The van der Waals surface area contributed by atoms with Crippen LogP contribution in [-0.4, -0.2) is 14.6 Å². The monoisotopic (exact) mass is 261 g/mol. The maximum absolute atomic E-state index is 4.11. The smallest absolute Gasteiger partial charge is 0.168 e. The van der Waals surface area contributed by atoms with Crippen LogP contribution in [-0.2, 0) is 0 Å². The molecule has 74 valence electrons. The fourth-order valence-electron chi connectivity index (χ4n) is 1.76. The van der Waals surface area contributed by atoms with Crippen molar-refractivity contribution in [2.75, 3.05) is 0 Å². The molecule has 3 rings (SSSR count). The number of rotatable bonds is 0. The second-order valence-electron chi connectivity index (χ2n) is 3.54. The first-order valence-corrected chi connectivity index (χ1v) is 5.44. The van der Waals surface area contributed by atoms with Crippen molar-refractivity contribution in [1.82, 2.24) is 14.6 Å². The van der Waals surface area contributed by atoms with Gasteiger partial charge in [0.25, 0.3) is 0 Å². The zero-order chi connectivity index (χ0) is 10.4. The van der Waals surface area contributed by atoms with Gasteiger partial charge in [-0.05, 0) is 34.5 Å². The summed E-state index contributed by atoms with van der Waals surface area (Å²) in [5, 5.41) is 10.3. The van der Waals surface area contributed by atoms with Crippen LogP contribution in [0.15, 0.2) is 35.2 Å². The minimum absolute atomic E-state index is 0.896. The lowest BCUT2D eigenvalue weighted by molar-refractivity contribution is 1.10. The summed E-state index contributed by atoms with van der Waals surface area (Å²) in [6, 6.07) is 6.24. The molecule has 0 aliphatic heterocycles. The molecule has 2 heterocycles. The largest absolute Gasteiger partial charge is 0.289 e. The molecule has 0 unspecified atom stereocenters. The van der Waals surface area contributed by atoms with Crippen molar-refractivity contribution in [2.45, 2.75) is 6.92 Å². The first-order valence-electron chi connectivity index (χ1n) is 4.64. The molecule has 3 nitrogen and oxygen atoms in total. The first-order chi connectivity index (χ1) is 7.27. The highest BCUT2D eigenvalue weighted by Gasteiger charge is 2.06. The molecular formula is C11H8BrN3. The van der Waals surface area contributed by atoms with E-state index in [9.17, 15) is 0 Å².